The van der Waals surface area contributed by atoms with Gasteiger partial charge in [-0.05, 0) is 43.2 Å². The van der Waals surface area contributed by atoms with Gasteiger partial charge in [-0.15, -0.1) is 11.3 Å². The zero-order chi connectivity index (χ0) is 15.4. The molecular formula is C18H20FNOS. The maximum Gasteiger partial charge on any atom is 0.223 e. The number of hydrogen-bond donors (Lipinski definition) is 0. The molecule has 1 aliphatic rings. The Kier molecular flexibility index (Phi) is 4.88. The first-order valence-corrected chi connectivity index (χ1v) is 8.67. The Morgan fingerprint density at radius 2 is 2.05 bits per heavy atom. The van der Waals surface area contributed by atoms with E-state index in [1.807, 2.05) is 17.0 Å². The first-order chi connectivity index (χ1) is 10.7. The molecule has 0 N–H and O–H groups in total. The van der Waals surface area contributed by atoms with Crippen LogP contribution in [0, 0.1) is 5.82 Å². The predicted octanol–water partition coefficient (Wildman–Crippen LogP) is 4.40. The second-order valence-electron chi connectivity index (χ2n) is 5.78. The molecule has 0 aliphatic heterocycles. The monoisotopic (exact) mass is 317 g/mol. The summed E-state index contributed by atoms with van der Waals surface area (Å²) in [6.07, 6.45) is 4.44. The van der Waals surface area contributed by atoms with E-state index in [9.17, 15) is 9.18 Å². The smallest absolute Gasteiger partial charge is 0.223 e. The van der Waals surface area contributed by atoms with Crippen molar-refractivity contribution in [2.45, 2.75) is 44.7 Å². The molecule has 1 aromatic heterocycles. The third kappa shape index (κ3) is 3.95. The molecule has 0 saturated heterocycles. The molecule has 1 aromatic carbocycles. The van der Waals surface area contributed by atoms with Gasteiger partial charge in [0.1, 0.15) is 5.82 Å². The molecule has 1 amide bonds. The van der Waals surface area contributed by atoms with Crippen molar-refractivity contribution in [3.63, 3.8) is 0 Å². The van der Waals surface area contributed by atoms with Gasteiger partial charge in [0.15, 0.2) is 0 Å². The Morgan fingerprint density at radius 1 is 1.23 bits per heavy atom. The molecular weight excluding hydrogens is 297 g/mol. The molecule has 0 atom stereocenters. The number of thiophene rings is 1. The zero-order valence-corrected chi connectivity index (χ0v) is 13.3. The van der Waals surface area contributed by atoms with Crippen LogP contribution in [-0.2, 0) is 17.8 Å². The molecule has 116 valence electrons. The minimum absolute atomic E-state index is 0.155. The first-order valence-electron chi connectivity index (χ1n) is 7.79. The molecule has 0 bridgehead atoms. The van der Waals surface area contributed by atoms with Crippen LogP contribution < -0.4 is 0 Å². The lowest BCUT2D eigenvalue weighted by Crippen LogP contribution is -2.32. The van der Waals surface area contributed by atoms with E-state index in [1.54, 1.807) is 23.5 Å². The minimum atomic E-state index is -0.223. The topological polar surface area (TPSA) is 20.3 Å². The summed E-state index contributed by atoms with van der Waals surface area (Å²) >= 11 is 1.73. The van der Waals surface area contributed by atoms with E-state index in [0.29, 0.717) is 24.6 Å². The highest BCUT2D eigenvalue weighted by molar-refractivity contribution is 7.09. The molecule has 1 heterocycles. The average molecular weight is 317 g/mol. The average Bonchev–Trinajstić information content (AvgIpc) is 3.22. The minimum Gasteiger partial charge on any atom is -0.335 e. The normalized spacial score (nSPS) is 14.0. The standard InChI is InChI=1S/C18H20FNOS/c19-17-8-2-1-5-14(17)13-20(15-10-11-15)18(21)9-3-6-16-7-4-12-22-16/h1-2,4-5,7-8,12,15H,3,6,9-11,13H2. The quantitative estimate of drug-likeness (QED) is 0.741. The molecule has 1 fully saturated rings. The number of benzene rings is 1. The summed E-state index contributed by atoms with van der Waals surface area (Å²) in [7, 11) is 0. The number of hydrogen-bond acceptors (Lipinski definition) is 2. The molecule has 2 nitrogen and oxygen atoms in total. The van der Waals surface area contributed by atoms with Crippen molar-refractivity contribution in [2.75, 3.05) is 0 Å². The lowest BCUT2D eigenvalue weighted by atomic mass is 10.1. The van der Waals surface area contributed by atoms with Gasteiger partial charge in [0.05, 0.1) is 0 Å². The Balaban J connectivity index is 1.56. The van der Waals surface area contributed by atoms with Gasteiger partial charge < -0.3 is 4.90 Å². The van der Waals surface area contributed by atoms with Crippen molar-refractivity contribution in [3.8, 4) is 0 Å². The van der Waals surface area contributed by atoms with Gasteiger partial charge in [-0.2, -0.15) is 0 Å². The fourth-order valence-corrected chi connectivity index (χ4v) is 3.38. The van der Waals surface area contributed by atoms with Crippen molar-refractivity contribution in [3.05, 3.63) is 58.0 Å². The van der Waals surface area contributed by atoms with Crippen molar-refractivity contribution in [1.82, 2.24) is 4.90 Å². The highest BCUT2D eigenvalue weighted by Crippen LogP contribution is 2.29. The van der Waals surface area contributed by atoms with E-state index in [0.717, 1.165) is 25.7 Å². The fraction of sp³-hybridized carbons (Fsp3) is 0.389. The van der Waals surface area contributed by atoms with Crippen molar-refractivity contribution < 1.29 is 9.18 Å². The van der Waals surface area contributed by atoms with E-state index in [1.165, 1.54) is 10.9 Å². The second-order valence-corrected chi connectivity index (χ2v) is 6.81. The molecule has 0 radical (unpaired) electrons. The van der Waals surface area contributed by atoms with E-state index in [-0.39, 0.29) is 11.7 Å². The maximum atomic E-state index is 13.8. The van der Waals surface area contributed by atoms with Crippen LogP contribution in [0.3, 0.4) is 0 Å². The summed E-state index contributed by atoms with van der Waals surface area (Å²) < 4.78 is 13.8. The number of halogens is 1. The third-order valence-electron chi connectivity index (χ3n) is 4.00. The lowest BCUT2D eigenvalue weighted by Gasteiger charge is -2.23. The van der Waals surface area contributed by atoms with Crippen LogP contribution >= 0.6 is 11.3 Å². The van der Waals surface area contributed by atoms with Crippen LogP contribution in [0.2, 0.25) is 0 Å². The lowest BCUT2D eigenvalue weighted by molar-refractivity contribution is -0.132. The van der Waals surface area contributed by atoms with Crippen LogP contribution in [0.5, 0.6) is 0 Å². The van der Waals surface area contributed by atoms with Gasteiger partial charge in [-0.3, -0.25) is 4.79 Å². The van der Waals surface area contributed by atoms with Gasteiger partial charge in [-0.25, -0.2) is 4.39 Å². The number of nitrogens with zero attached hydrogens (tertiary/aromatic N) is 1. The molecule has 0 unspecified atom stereocenters. The summed E-state index contributed by atoms with van der Waals surface area (Å²) in [5.41, 5.74) is 0.612. The van der Waals surface area contributed by atoms with Crippen LogP contribution in [0.4, 0.5) is 4.39 Å². The first kappa shape index (κ1) is 15.2. The Hall–Kier alpha value is -1.68. The number of carbonyl (C=O) groups is 1. The van der Waals surface area contributed by atoms with E-state index < -0.39 is 0 Å². The molecule has 22 heavy (non-hydrogen) atoms. The highest BCUT2D eigenvalue weighted by Gasteiger charge is 2.32. The van der Waals surface area contributed by atoms with Crippen molar-refractivity contribution in [2.24, 2.45) is 0 Å². The molecule has 1 saturated carbocycles. The zero-order valence-electron chi connectivity index (χ0n) is 12.5. The van der Waals surface area contributed by atoms with Crippen LogP contribution in [-0.4, -0.2) is 16.8 Å². The van der Waals surface area contributed by atoms with Gasteiger partial charge in [0.25, 0.3) is 0 Å². The SMILES string of the molecule is O=C(CCCc1cccs1)N(Cc1ccccc1F)C1CC1. The second kappa shape index (κ2) is 7.05. The molecule has 1 aliphatic carbocycles. The van der Waals surface area contributed by atoms with Crippen LogP contribution in [0.15, 0.2) is 41.8 Å². The van der Waals surface area contributed by atoms with E-state index >= 15 is 0 Å². The number of aryl methyl sites for hydroxylation is 1. The number of rotatable bonds is 7. The Morgan fingerprint density at radius 3 is 2.73 bits per heavy atom. The summed E-state index contributed by atoms with van der Waals surface area (Å²) in [4.78, 5) is 15.7. The molecule has 0 spiro atoms. The highest BCUT2D eigenvalue weighted by atomic mass is 32.1. The maximum absolute atomic E-state index is 13.8. The predicted molar refractivity (Wildman–Crippen MR) is 87.2 cm³/mol. The van der Waals surface area contributed by atoms with Crippen molar-refractivity contribution >= 4 is 17.2 Å². The summed E-state index contributed by atoms with van der Waals surface area (Å²) in [5, 5.41) is 2.06. The van der Waals surface area contributed by atoms with Gasteiger partial charge in [0.2, 0.25) is 5.91 Å². The van der Waals surface area contributed by atoms with Gasteiger partial charge >= 0.3 is 0 Å². The van der Waals surface area contributed by atoms with E-state index in [4.69, 9.17) is 0 Å². The van der Waals surface area contributed by atoms with Crippen molar-refractivity contribution in [1.29, 1.82) is 0 Å². The third-order valence-corrected chi connectivity index (χ3v) is 4.94. The molecule has 3 rings (SSSR count). The summed E-state index contributed by atoms with van der Waals surface area (Å²) in [6, 6.07) is 11.2. The molecule has 2 aromatic rings. The van der Waals surface area contributed by atoms with Crippen LogP contribution in [0.25, 0.3) is 0 Å². The number of amides is 1. The summed E-state index contributed by atoms with van der Waals surface area (Å²) in [6.45, 7) is 0.398. The van der Waals surface area contributed by atoms with Crippen LogP contribution in [0.1, 0.15) is 36.1 Å². The summed E-state index contributed by atoms with van der Waals surface area (Å²) in [5.74, 6) is -0.0677. The van der Waals surface area contributed by atoms with E-state index in [2.05, 4.69) is 11.4 Å². The molecule has 4 heteroatoms. The Bertz CT molecular complexity index is 622. The Labute approximate surface area is 134 Å². The fourth-order valence-electron chi connectivity index (χ4n) is 2.63. The largest absolute Gasteiger partial charge is 0.335 e. The van der Waals surface area contributed by atoms with Gasteiger partial charge in [0, 0.05) is 29.4 Å². The number of carbonyl (C=O) groups excluding carboxylic acids is 1. The van der Waals surface area contributed by atoms with Gasteiger partial charge in [-0.1, -0.05) is 24.3 Å².